The fourth-order valence-electron chi connectivity index (χ4n) is 1.33. The molecule has 0 aliphatic rings. The van der Waals surface area contributed by atoms with E-state index in [9.17, 15) is 10.2 Å². The molecule has 3 atom stereocenters. The van der Waals surface area contributed by atoms with Crippen molar-refractivity contribution >= 4 is 31.9 Å². The molecule has 0 saturated heterocycles. The van der Waals surface area contributed by atoms with Crippen LogP contribution in [0.4, 0.5) is 0 Å². The maximum atomic E-state index is 9.78. The van der Waals surface area contributed by atoms with Gasteiger partial charge in [-0.2, -0.15) is 0 Å². The lowest BCUT2D eigenvalue weighted by atomic mass is 10.0. The van der Waals surface area contributed by atoms with Crippen LogP contribution in [0.15, 0.2) is 24.3 Å². The minimum absolute atomic E-state index is 0.181. The third kappa shape index (κ3) is 4.05. The van der Waals surface area contributed by atoms with Gasteiger partial charge in [-0.15, -0.1) is 0 Å². The van der Waals surface area contributed by atoms with Gasteiger partial charge in [0.25, 0.3) is 0 Å². The predicted octanol–water partition coefficient (Wildman–Crippen LogP) is 1.81. The van der Waals surface area contributed by atoms with Crippen LogP contribution in [0.25, 0.3) is 0 Å². The van der Waals surface area contributed by atoms with E-state index in [1.165, 1.54) is 0 Å². The van der Waals surface area contributed by atoms with Crippen molar-refractivity contribution in [1.82, 2.24) is 0 Å². The number of rotatable bonds is 5. The molecule has 5 heteroatoms. The Bertz CT molecular complexity index is 316. The Morgan fingerprint density at radius 2 is 1.69 bits per heavy atom. The predicted molar refractivity (Wildman–Crippen MR) is 70.3 cm³/mol. The number of phenols is 1. The molecule has 0 amide bonds. The van der Waals surface area contributed by atoms with Gasteiger partial charge in [0.15, 0.2) is 0 Å². The summed E-state index contributed by atoms with van der Waals surface area (Å²) in [6.07, 6.45) is -1.30. The van der Waals surface area contributed by atoms with E-state index in [1.807, 2.05) is 0 Å². The lowest BCUT2D eigenvalue weighted by Gasteiger charge is -2.21. The zero-order valence-corrected chi connectivity index (χ0v) is 11.7. The lowest BCUT2D eigenvalue weighted by molar-refractivity contribution is 0.0234. The fourth-order valence-corrected chi connectivity index (χ4v) is 2.06. The number of aliphatic hydroxyl groups excluding tert-OH is 2. The largest absolute Gasteiger partial charge is 0.508 e. The summed E-state index contributed by atoms with van der Waals surface area (Å²) in [4.78, 5) is -0.181. The maximum absolute atomic E-state index is 9.78. The van der Waals surface area contributed by atoms with Gasteiger partial charge in [0.05, 0.1) is 17.0 Å². The Balaban J connectivity index is 2.56. The van der Waals surface area contributed by atoms with Crippen molar-refractivity contribution in [2.45, 2.75) is 23.5 Å². The summed E-state index contributed by atoms with van der Waals surface area (Å²) < 4.78 is 0. The van der Waals surface area contributed by atoms with Gasteiger partial charge in [-0.05, 0) is 17.7 Å². The van der Waals surface area contributed by atoms with Crippen LogP contribution in [0.5, 0.6) is 5.75 Å². The van der Waals surface area contributed by atoms with Crippen LogP contribution in [-0.2, 0) is 6.42 Å². The third-order valence-electron chi connectivity index (χ3n) is 2.29. The summed E-state index contributed by atoms with van der Waals surface area (Å²) in [5.74, 6) is 0.192. The molecule has 0 spiro atoms. The Kier molecular flexibility index (Phi) is 5.75. The quantitative estimate of drug-likeness (QED) is 0.707. The van der Waals surface area contributed by atoms with Crippen molar-refractivity contribution in [3.63, 3.8) is 0 Å². The van der Waals surface area contributed by atoms with E-state index in [4.69, 9.17) is 5.11 Å². The number of aliphatic hydroxyl groups is 2. The van der Waals surface area contributed by atoms with Gasteiger partial charge in [0.2, 0.25) is 0 Å². The second-order valence-corrected chi connectivity index (χ2v) is 5.42. The van der Waals surface area contributed by atoms with Crippen LogP contribution >= 0.6 is 31.9 Å². The molecule has 0 aliphatic heterocycles. The number of hydrogen-bond acceptors (Lipinski definition) is 3. The monoisotopic (exact) mass is 352 g/mol. The van der Waals surface area contributed by atoms with Gasteiger partial charge in [-0.3, -0.25) is 0 Å². The number of phenolic OH excluding ortho intramolecular Hbond substituents is 1. The standard InChI is InChI=1S/C11H14Br2O3/c12-6-9(13)11(16)10(15)5-7-1-3-8(14)4-2-7/h1-4,9-11,14-16H,5-6H2. The van der Waals surface area contributed by atoms with E-state index < -0.39 is 12.2 Å². The van der Waals surface area contributed by atoms with E-state index in [-0.39, 0.29) is 10.6 Å². The molecule has 3 unspecified atom stereocenters. The van der Waals surface area contributed by atoms with Crippen molar-refractivity contribution < 1.29 is 15.3 Å². The van der Waals surface area contributed by atoms with Gasteiger partial charge in [-0.1, -0.05) is 44.0 Å². The molecule has 0 aliphatic carbocycles. The Morgan fingerprint density at radius 1 is 1.12 bits per heavy atom. The van der Waals surface area contributed by atoms with Crippen molar-refractivity contribution in [1.29, 1.82) is 0 Å². The molecule has 0 saturated carbocycles. The molecular weight excluding hydrogens is 340 g/mol. The first kappa shape index (κ1) is 14.0. The molecule has 3 N–H and O–H groups in total. The summed E-state index contributed by atoms with van der Waals surface area (Å²) >= 11 is 6.50. The molecular formula is C11H14Br2O3. The van der Waals surface area contributed by atoms with Crippen LogP contribution in [0, 0.1) is 0 Å². The highest BCUT2D eigenvalue weighted by Crippen LogP contribution is 2.17. The molecule has 0 heterocycles. The molecule has 0 radical (unpaired) electrons. The molecule has 0 bridgehead atoms. The van der Waals surface area contributed by atoms with E-state index in [0.29, 0.717) is 11.8 Å². The normalized spacial score (nSPS) is 16.8. The Labute approximate surface area is 111 Å². The number of alkyl halides is 2. The van der Waals surface area contributed by atoms with Gasteiger partial charge in [-0.25, -0.2) is 0 Å². The molecule has 1 rings (SSSR count). The average Bonchev–Trinajstić information content (AvgIpc) is 2.30. The van der Waals surface area contributed by atoms with Gasteiger partial charge < -0.3 is 15.3 Å². The molecule has 1 aromatic rings. The molecule has 16 heavy (non-hydrogen) atoms. The minimum atomic E-state index is -0.827. The third-order valence-corrected chi connectivity index (χ3v) is 4.73. The van der Waals surface area contributed by atoms with Crippen molar-refractivity contribution in [2.75, 3.05) is 5.33 Å². The summed E-state index contributed by atoms with van der Waals surface area (Å²) in [7, 11) is 0. The molecule has 1 aromatic carbocycles. The average molecular weight is 354 g/mol. The van der Waals surface area contributed by atoms with Crippen molar-refractivity contribution in [3.8, 4) is 5.75 Å². The first-order chi connectivity index (χ1) is 7.54. The van der Waals surface area contributed by atoms with Gasteiger partial charge in [0, 0.05) is 11.8 Å². The Morgan fingerprint density at radius 3 is 2.19 bits per heavy atom. The highest BCUT2D eigenvalue weighted by atomic mass is 79.9. The van der Waals surface area contributed by atoms with E-state index >= 15 is 0 Å². The van der Waals surface area contributed by atoms with Crippen LogP contribution < -0.4 is 0 Å². The van der Waals surface area contributed by atoms with Crippen LogP contribution in [-0.4, -0.2) is 37.7 Å². The van der Waals surface area contributed by atoms with Crippen molar-refractivity contribution in [2.24, 2.45) is 0 Å². The first-order valence-electron chi connectivity index (χ1n) is 4.88. The summed E-state index contributed by atoms with van der Waals surface area (Å²) in [6.45, 7) is 0. The maximum Gasteiger partial charge on any atom is 0.115 e. The van der Waals surface area contributed by atoms with E-state index in [2.05, 4.69) is 31.9 Å². The zero-order chi connectivity index (χ0) is 12.1. The smallest absolute Gasteiger partial charge is 0.115 e. The second-order valence-electron chi connectivity index (χ2n) is 3.60. The van der Waals surface area contributed by atoms with Crippen LogP contribution in [0.3, 0.4) is 0 Å². The number of aromatic hydroxyl groups is 1. The topological polar surface area (TPSA) is 60.7 Å². The number of halogens is 2. The highest BCUT2D eigenvalue weighted by molar-refractivity contribution is 9.12. The van der Waals surface area contributed by atoms with Gasteiger partial charge >= 0.3 is 0 Å². The van der Waals surface area contributed by atoms with Crippen molar-refractivity contribution in [3.05, 3.63) is 29.8 Å². The fraction of sp³-hybridized carbons (Fsp3) is 0.455. The van der Waals surface area contributed by atoms with Gasteiger partial charge in [0.1, 0.15) is 5.75 Å². The summed E-state index contributed by atoms with van der Waals surface area (Å²) in [5, 5.41) is 29.2. The second kappa shape index (κ2) is 6.59. The molecule has 90 valence electrons. The summed E-state index contributed by atoms with van der Waals surface area (Å²) in [5.41, 5.74) is 0.874. The van der Waals surface area contributed by atoms with E-state index in [1.54, 1.807) is 24.3 Å². The minimum Gasteiger partial charge on any atom is -0.508 e. The highest BCUT2D eigenvalue weighted by Gasteiger charge is 2.23. The Hall–Kier alpha value is -0.100. The van der Waals surface area contributed by atoms with Crippen LogP contribution in [0.1, 0.15) is 5.56 Å². The number of hydrogen-bond donors (Lipinski definition) is 3. The van der Waals surface area contributed by atoms with E-state index in [0.717, 1.165) is 5.56 Å². The van der Waals surface area contributed by atoms with Crippen LogP contribution in [0.2, 0.25) is 0 Å². The summed E-state index contributed by atoms with van der Waals surface area (Å²) in [6, 6.07) is 6.57. The molecule has 0 fully saturated rings. The first-order valence-corrected chi connectivity index (χ1v) is 6.92. The zero-order valence-electron chi connectivity index (χ0n) is 8.55. The molecule has 0 aromatic heterocycles. The lowest BCUT2D eigenvalue weighted by Crippen LogP contribution is -2.36. The SMILES string of the molecule is Oc1ccc(CC(O)C(O)C(Br)CBr)cc1. The number of benzene rings is 1. The molecule has 3 nitrogen and oxygen atoms in total.